The van der Waals surface area contributed by atoms with Gasteiger partial charge in [0.05, 0.1) is 6.04 Å². The minimum Gasteiger partial charge on any atom is -0.445 e. The third kappa shape index (κ3) is 3.77. The second-order valence-electron chi connectivity index (χ2n) is 6.55. The van der Waals surface area contributed by atoms with E-state index in [1.807, 2.05) is 49.4 Å². The van der Waals surface area contributed by atoms with Crippen molar-refractivity contribution in [1.82, 2.24) is 4.90 Å². The molecule has 0 radical (unpaired) electrons. The zero-order valence-electron chi connectivity index (χ0n) is 14.3. The van der Waals surface area contributed by atoms with E-state index in [0.717, 1.165) is 17.5 Å². The van der Waals surface area contributed by atoms with Gasteiger partial charge in [0.1, 0.15) is 6.61 Å². The average Bonchev–Trinajstić information content (AvgIpc) is 2.97. The molecule has 3 atom stereocenters. The summed E-state index contributed by atoms with van der Waals surface area (Å²) in [5, 5.41) is 9.65. The molecule has 1 aliphatic rings. The second kappa shape index (κ2) is 7.57. The van der Waals surface area contributed by atoms with Crippen LogP contribution in [0.4, 0.5) is 10.5 Å². The summed E-state index contributed by atoms with van der Waals surface area (Å²) in [7, 11) is 0. The minimum absolute atomic E-state index is 0.0464. The Hall–Kier alpha value is -2.53. The maximum atomic E-state index is 12.8. The smallest absolute Gasteiger partial charge is 0.410 e. The van der Waals surface area contributed by atoms with Crippen LogP contribution in [0, 0.1) is 5.92 Å². The highest BCUT2D eigenvalue weighted by Crippen LogP contribution is 2.40. The molecular weight excluding hydrogens is 316 g/mol. The summed E-state index contributed by atoms with van der Waals surface area (Å²) in [4.78, 5) is 14.5. The van der Waals surface area contributed by atoms with Gasteiger partial charge in [0.25, 0.3) is 0 Å². The fourth-order valence-electron chi connectivity index (χ4n) is 3.50. The van der Waals surface area contributed by atoms with E-state index in [1.54, 1.807) is 17.0 Å². The number of hydrogen-bond donors (Lipinski definition) is 2. The van der Waals surface area contributed by atoms with Gasteiger partial charge in [-0.3, -0.25) is 4.90 Å². The first-order valence-corrected chi connectivity index (χ1v) is 8.55. The number of likely N-dealkylation sites (tertiary alicyclic amines) is 1. The zero-order valence-corrected chi connectivity index (χ0v) is 14.3. The molecule has 0 spiro atoms. The van der Waals surface area contributed by atoms with E-state index in [4.69, 9.17) is 10.5 Å². The van der Waals surface area contributed by atoms with Crippen molar-refractivity contribution in [1.29, 1.82) is 0 Å². The lowest BCUT2D eigenvalue weighted by atomic mass is 9.98. The zero-order chi connectivity index (χ0) is 17.8. The van der Waals surface area contributed by atoms with Gasteiger partial charge in [-0.1, -0.05) is 42.5 Å². The maximum Gasteiger partial charge on any atom is 0.410 e. The van der Waals surface area contributed by atoms with E-state index >= 15 is 0 Å². The number of nitrogens with zero attached hydrogens (tertiary/aromatic N) is 1. The van der Waals surface area contributed by atoms with Crippen LogP contribution >= 0.6 is 0 Å². The van der Waals surface area contributed by atoms with E-state index in [1.165, 1.54) is 0 Å². The highest BCUT2D eigenvalue weighted by atomic mass is 16.6. The molecule has 3 N–H and O–H groups in total. The third-order valence-corrected chi connectivity index (χ3v) is 4.93. The van der Waals surface area contributed by atoms with Crippen LogP contribution in [-0.2, 0) is 11.3 Å². The molecule has 3 rings (SSSR count). The Balaban J connectivity index is 1.75. The standard InChI is InChI=1S/C20H24N2O3/c1-14-17(12-23)11-19(16-7-3-2-4-8-16)22(14)20(24)25-13-15-6-5-9-18(21)10-15/h2-10,14,17,19,23H,11-13,21H2,1H3. The maximum absolute atomic E-state index is 12.8. The first kappa shape index (κ1) is 17.3. The van der Waals surface area contributed by atoms with Crippen molar-refractivity contribution in [3.63, 3.8) is 0 Å². The van der Waals surface area contributed by atoms with Gasteiger partial charge in [-0.05, 0) is 36.6 Å². The molecule has 3 unspecified atom stereocenters. The summed E-state index contributed by atoms with van der Waals surface area (Å²) < 4.78 is 5.53. The molecule has 25 heavy (non-hydrogen) atoms. The van der Waals surface area contributed by atoms with Gasteiger partial charge in [-0.2, -0.15) is 0 Å². The predicted molar refractivity (Wildman–Crippen MR) is 96.7 cm³/mol. The molecule has 0 aromatic heterocycles. The van der Waals surface area contributed by atoms with Crippen molar-refractivity contribution >= 4 is 11.8 Å². The molecule has 1 aliphatic heterocycles. The van der Waals surface area contributed by atoms with Crippen molar-refractivity contribution in [2.24, 2.45) is 5.92 Å². The molecule has 2 aromatic carbocycles. The molecule has 0 saturated carbocycles. The van der Waals surface area contributed by atoms with Gasteiger partial charge in [-0.15, -0.1) is 0 Å². The minimum atomic E-state index is -0.361. The lowest BCUT2D eigenvalue weighted by molar-refractivity contribution is 0.0753. The molecular formula is C20H24N2O3. The number of aliphatic hydroxyl groups is 1. The Bertz CT molecular complexity index is 720. The lowest BCUT2D eigenvalue weighted by Crippen LogP contribution is -2.38. The normalized spacial score (nSPS) is 22.8. The fraction of sp³-hybridized carbons (Fsp3) is 0.350. The molecule has 132 valence electrons. The van der Waals surface area contributed by atoms with E-state index in [0.29, 0.717) is 5.69 Å². The fourth-order valence-corrected chi connectivity index (χ4v) is 3.50. The topological polar surface area (TPSA) is 75.8 Å². The van der Waals surface area contributed by atoms with Crippen molar-refractivity contribution in [2.45, 2.75) is 32.0 Å². The Morgan fingerprint density at radius 1 is 1.24 bits per heavy atom. The van der Waals surface area contributed by atoms with Gasteiger partial charge >= 0.3 is 6.09 Å². The number of hydrogen-bond acceptors (Lipinski definition) is 4. The van der Waals surface area contributed by atoms with Gasteiger partial charge in [0.15, 0.2) is 0 Å². The third-order valence-electron chi connectivity index (χ3n) is 4.93. The molecule has 1 heterocycles. The van der Waals surface area contributed by atoms with Crippen LogP contribution in [0.15, 0.2) is 54.6 Å². The predicted octanol–water partition coefficient (Wildman–Crippen LogP) is 3.35. The van der Waals surface area contributed by atoms with Crippen LogP contribution < -0.4 is 5.73 Å². The highest BCUT2D eigenvalue weighted by molar-refractivity contribution is 5.69. The molecule has 5 nitrogen and oxygen atoms in total. The number of amides is 1. The highest BCUT2D eigenvalue weighted by Gasteiger charge is 2.42. The van der Waals surface area contributed by atoms with Crippen LogP contribution in [0.1, 0.15) is 30.5 Å². The van der Waals surface area contributed by atoms with Gasteiger partial charge in [0, 0.05) is 24.3 Å². The van der Waals surface area contributed by atoms with Crippen molar-refractivity contribution in [3.05, 3.63) is 65.7 Å². The van der Waals surface area contributed by atoms with E-state index in [2.05, 4.69) is 0 Å². The summed E-state index contributed by atoms with van der Waals surface area (Å²) in [6.07, 6.45) is 0.370. The van der Waals surface area contributed by atoms with Crippen LogP contribution in [0.3, 0.4) is 0 Å². The summed E-state index contributed by atoms with van der Waals surface area (Å²) in [5.74, 6) is 0.0464. The number of benzene rings is 2. The van der Waals surface area contributed by atoms with E-state index in [-0.39, 0.29) is 37.3 Å². The second-order valence-corrected chi connectivity index (χ2v) is 6.55. The molecule has 5 heteroatoms. The number of ether oxygens (including phenoxy) is 1. The number of nitrogens with two attached hydrogens (primary N) is 1. The van der Waals surface area contributed by atoms with Gasteiger partial charge in [0.2, 0.25) is 0 Å². The Labute approximate surface area is 148 Å². The van der Waals surface area contributed by atoms with E-state index in [9.17, 15) is 9.90 Å². The molecule has 1 fully saturated rings. The van der Waals surface area contributed by atoms with Crippen molar-refractivity contribution in [2.75, 3.05) is 12.3 Å². The number of aliphatic hydroxyl groups excluding tert-OH is 1. The first-order chi connectivity index (χ1) is 12.1. The number of carbonyl (C=O) groups is 1. The van der Waals surface area contributed by atoms with E-state index < -0.39 is 0 Å². The van der Waals surface area contributed by atoms with Crippen LogP contribution in [0.25, 0.3) is 0 Å². The number of anilines is 1. The van der Waals surface area contributed by atoms with Crippen molar-refractivity contribution in [3.8, 4) is 0 Å². The average molecular weight is 340 g/mol. The molecule has 1 saturated heterocycles. The number of carbonyl (C=O) groups excluding carboxylic acids is 1. The number of nitrogen functional groups attached to an aromatic ring is 1. The quantitative estimate of drug-likeness (QED) is 0.837. The first-order valence-electron chi connectivity index (χ1n) is 8.55. The Morgan fingerprint density at radius 3 is 2.68 bits per heavy atom. The monoisotopic (exact) mass is 340 g/mol. The molecule has 2 aromatic rings. The SMILES string of the molecule is CC1C(CO)CC(c2ccccc2)N1C(=O)OCc1cccc(N)c1. The van der Waals surface area contributed by atoms with Crippen LogP contribution in [-0.4, -0.2) is 28.7 Å². The van der Waals surface area contributed by atoms with Gasteiger partial charge in [-0.25, -0.2) is 4.79 Å². The largest absolute Gasteiger partial charge is 0.445 e. The summed E-state index contributed by atoms with van der Waals surface area (Å²) in [6, 6.07) is 17.0. The summed E-state index contributed by atoms with van der Waals surface area (Å²) in [6.45, 7) is 2.20. The van der Waals surface area contributed by atoms with Gasteiger partial charge < -0.3 is 15.6 Å². The summed E-state index contributed by atoms with van der Waals surface area (Å²) >= 11 is 0. The Kier molecular flexibility index (Phi) is 5.24. The van der Waals surface area contributed by atoms with Crippen LogP contribution in [0.5, 0.6) is 0 Å². The van der Waals surface area contributed by atoms with Crippen LogP contribution in [0.2, 0.25) is 0 Å². The molecule has 0 bridgehead atoms. The lowest BCUT2D eigenvalue weighted by Gasteiger charge is -2.28. The number of rotatable bonds is 4. The summed E-state index contributed by atoms with van der Waals surface area (Å²) in [5.41, 5.74) is 8.33. The molecule has 1 amide bonds. The Morgan fingerprint density at radius 2 is 2.00 bits per heavy atom. The molecule has 0 aliphatic carbocycles. The van der Waals surface area contributed by atoms with Crippen molar-refractivity contribution < 1.29 is 14.6 Å².